The lowest BCUT2D eigenvalue weighted by molar-refractivity contribution is -0.130. The summed E-state index contributed by atoms with van der Waals surface area (Å²) in [6.45, 7) is 7.01. The van der Waals surface area contributed by atoms with Crippen molar-refractivity contribution < 1.29 is 27.5 Å². The second-order valence-corrected chi connectivity index (χ2v) is 10.4. The molecular weight excluding hydrogens is 468 g/mol. The van der Waals surface area contributed by atoms with Crippen LogP contribution in [0.15, 0.2) is 41.9 Å². The Kier molecular flexibility index (Phi) is 8.03. The molecule has 3 rings (SSSR count). The number of piperazine rings is 1. The predicted molar refractivity (Wildman–Crippen MR) is 124 cm³/mol. The van der Waals surface area contributed by atoms with Crippen molar-refractivity contribution in [3.05, 3.63) is 41.7 Å². The molecule has 1 aliphatic heterocycles. The molecule has 0 radical (unpaired) electrons. The minimum atomic E-state index is -4.01. The topological polar surface area (TPSA) is 118 Å². The van der Waals surface area contributed by atoms with Crippen LogP contribution in [-0.2, 0) is 30.7 Å². The van der Waals surface area contributed by atoms with Crippen LogP contribution in [0.25, 0.3) is 10.2 Å². The van der Waals surface area contributed by atoms with E-state index >= 15 is 0 Å². The molecule has 0 spiro atoms. The Balaban J connectivity index is 1.64. The predicted octanol–water partition coefficient (Wildman–Crippen LogP) is 1.03. The molecule has 0 bridgehead atoms. The zero-order chi connectivity index (χ0) is 24.0. The zero-order valence-corrected chi connectivity index (χ0v) is 19.9. The van der Waals surface area contributed by atoms with Crippen molar-refractivity contribution in [1.82, 2.24) is 14.4 Å². The number of rotatable bonds is 7. The molecule has 3 amide bonds. The number of nitrogens with zero attached hydrogens (tertiary/aromatic N) is 4. The zero-order valence-electron chi connectivity index (χ0n) is 18.3. The number of carbonyl (C=O) groups is 3. The van der Waals surface area contributed by atoms with E-state index < -0.39 is 39.3 Å². The average molecular weight is 495 g/mol. The third kappa shape index (κ3) is 6.29. The van der Waals surface area contributed by atoms with Gasteiger partial charge in [0, 0.05) is 32.7 Å². The number of ether oxygens (including phenoxy) is 1. The molecule has 0 N–H and O–H groups in total. The number of amides is 3. The van der Waals surface area contributed by atoms with Gasteiger partial charge in [0.2, 0.25) is 5.91 Å². The van der Waals surface area contributed by atoms with Crippen molar-refractivity contribution in [1.29, 1.82) is 0 Å². The summed E-state index contributed by atoms with van der Waals surface area (Å²) in [5, 5.41) is 0. The number of carbonyl (C=O) groups excluding carboxylic acids is 3. The van der Waals surface area contributed by atoms with E-state index in [1.54, 1.807) is 17.6 Å². The molecule has 1 aromatic carbocycles. The number of thiazole rings is 1. The number of fused-ring (bicyclic) bond motifs is 1. The number of benzene rings is 1. The van der Waals surface area contributed by atoms with Crippen LogP contribution in [0.5, 0.6) is 0 Å². The summed E-state index contributed by atoms with van der Waals surface area (Å²) < 4.78 is 32.6. The Hall–Kier alpha value is -2.99. The van der Waals surface area contributed by atoms with Crippen molar-refractivity contribution in [2.75, 3.05) is 44.3 Å². The first kappa shape index (κ1) is 24.6. The molecule has 0 unspecified atom stereocenters. The fourth-order valence-electron chi connectivity index (χ4n) is 3.42. The maximum absolute atomic E-state index is 12.5. The van der Waals surface area contributed by atoms with E-state index in [1.165, 1.54) is 21.1 Å². The Morgan fingerprint density at radius 2 is 1.79 bits per heavy atom. The smallest absolute Gasteiger partial charge is 0.409 e. The Bertz CT molecular complexity index is 1220. The summed E-state index contributed by atoms with van der Waals surface area (Å²) in [5.74, 6) is -3.08. The normalized spacial score (nSPS) is 15.0. The molecule has 1 saturated heterocycles. The first-order valence-corrected chi connectivity index (χ1v) is 13.0. The maximum atomic E-state index is 12.5. The van der Waals surface area contributed by atoms with E-state index in [0.29, 0.717) is 11.3 Å². The van der Waals surface area contributed by atoms with Crippen LogP contribution in [0.1, 0.15) is 6.92 Å². The van der Waals surface area contributed by atoms with Crippen molar-refractivity contribution >= 4 is 49.3 Å². The molecule has 2 heterocycles. The minimum Gasteiger partial charge on any atom is -0.450 e. The molecule has 178 valence electrons. The van der Waals surface area contributed by atoms with Crippen LogP contribution in [-0.4, -0.2) is 85.0 Å². The van der Waals surface area contributed by atoms with E-state index in [0.717, 1.165) is 10.2 Å². The fraction of sp³-hybridized carbons (Fsp3) is 0.429. The fourth-order valence-corrected chi connectivity index (χ4v) is 5.58. The van der Waals surface area contributed by atoms with Gasteiger partial charge in [-0.2, -0.15) is 4.99 Å². The molecule has 10 nitrogen and oxygen atoms in total. The number of hydrogen-bond donors (Lipinski definition) is 0. The lowest BCUT2D eigenvalue weighted by Gasteiger charge is -2.34. The highest BCUT2D eigenvalue weighted by Crippen LogP contribution is 2.16. The van der Waals surface area contributed by atoms with Crippen LogP contribution in [0.4, 0.5) is 4.79 Å². The first-order chi connectivity index (χ1) is 15.7. The van der Waals surface area contributed by atoms with Gasteiger partial charge in [0.1, 0.15) is 11.5 Å². The van der Waals surface area contributed by atoms with E-state index in [1.807, 2.05) is 24.3 Å². The monoisotopic (exact) mass is 494 g/mol. The maximum Gasteiger partial charge on any atom is 0.409 e. The average Bonchev–Trinajstić information content (AvgIpc) is 3.10. The molecule has 33 heavy (non-hydrogen) atoms. The van der Waals surface area contributed by atoms with Gasteiger partial charge in [0.15, 0.2) is 14.6 Å². The molecule has 0 atom stereocenters. The van der Waals surface area contributed by atoms with Crippen molar-refractivity contribution in [2.24, 2.45) is 4.99 Å². The van der Waals surface area contributed by atoms with Crippen LogP contribution in [0.3, 0.4) is 0 Å². The number of hydrogen-bond acceptors (Lipinski definition) is 7. The van der Waals surface area contributed by atoms with Gasteiger partial charge in [-0.25, -0.2) is 13.2 Å². The van der Waals surface area contributed by atoms with Crippen molar-refractivity contribution in [3.8, 4) is 0 Å². The standard InChI is InChI=1S/C21H26N4O6S2/c1-3-9-25-16-7-5-6-8-17(16)32-20(25)22-18(26)14-33(29,30)15-19(27)23-10-12-24(13-11-23)21(28)31-4-2/h3,5-8H,1,4,9-15H2,2H3. The summed E-state index contributed by atoms with van der Waals surface area (Å²) >= 11 is 1.28. The van der Waals surface area contributed by atoms with Crippen LogP contribution >= 0.6 is 11.3 Å². The molecule has 0 saturated carbocycles. The van der Waals surface area contributed by atoms with Gasteiger partial charge < -0.3 is 19.1 Å². The summed E-state index contributed by atoms with van der Waals surface area (Å²) in [5.41, 5.74) is 0.869. The van der Waals surface area contributed by atoms with Crippen molar-refractivity contribution in [3.63, 3.8) is 0 Å². The molecule has 1 aliphatic rings. The molecule has 1 fully saturated rings. The summed E-state index contributed by atoms with van der Waals surface area (Å²) in [4.78, 5) is 43.9. The molecule has 12 heteroatoms. The van der Waals surface area contributed by atoms with Crippen LogP contribution in [0, 0.1) is 0 Å². The van der Waals surface area contributed by atoms with Crippen LogP contribution in [0.2, 0.25) is 0 Å². The quantitative estimate of drug-likeness (QED) is 0.531. The van der Waals surface area contributed by atoms with Crippen LogP contribution < -0.4 is 4.80 Å². The lowest BCUT2D eigenvalue weighted by Crippen LogP contribution is -2.52. The number of para-hydroxylation sites is 1. The lowest BCUT2D eigenvalue weighted by atomic mass is 10.3. The highest BCUT2D eigenvalue weighted by molar-refractivity contribution is 7.92. The summed E-state index contributed by atoms with van der Waals surface area (Å²) in [6.07, 6.45) is 1.21. The second kappa shape index (κ2) is 10.8. The molecule has 1 aromatic heterocycles. The Morgan fingerprint density at radius 3 is 2.45 bits per heavy atom. The third-order valence-corrected chi connectivity index (χ3v) is 7.40. The SMILES string of the molecule is C=CCn1c(=NC(=O)CS(=O)(=O)CC(=O)N2CCN(C(=O)OCC)CC2)sc2ccccc21. The highest BCUT2D eigenvalue weighted by Gasteiger charge is 2.28. The van der Waals surface area contributed by atoms with Gasteiger partial charge in [-0.1, -0.05) is 29.5 Å². The van der Waals surface area contributed by atoms with Crippen molar-refractivity contribution in [2.45, 2.75) is 13.5 Å². The van der Waals surface area contributed by atoms with Gasteiger partial charge in [0.25, 0.3) is 5.91 Å². The number of aromatic nitrogens is 1. The summed E-state index contributed by atoms with van der Waals surface area (Å²) in [6, 6.07) is 7.50. The van der Waals surface area contributed by atoms with E-state index in [-0.39, 0.29) is 32.8 Å². The second-order valence-electron chi connectivity index (χ2n) is 7.36. The van der Waals surface area contributed by atoms with E-state index in [9.17, 15) is 22.8 Å². The number of allylic oxidation sites excluding steroid dienone is 1. The summed E-state index contributed by atoms with van der Waals surface area (Å²) in [7, 11) is -4.01. The Morgan fingerprint density at radius 1 is 1.12 bits per heavy atom. The highest BCUT2D eigenvalue weighted by atomic mass is 32.2. The third-order valence-electron chi connectivity index (χ3n) is 4.97. The first-order valence-electron chi connectivity index (χ1n) is 10.4. The minimum absolute atomic E-state index is 0.203. The van der Waals surface area contributed by atoms with E-state index in [2.05, 4.69) is 11.6 Å². The van der Waals surface area contributed by atoms with E-state index in [4.69, 9.17) is 4.74 Å². The van der Waals surface area contributed by atoms with Gasteiger partial charge in [0.05, 0.1) is 16.8 Å². The van der Waals surface area contributed by atoms with Gasteiger partial charge in [-0.3, -0.25) is 9.59 Å². The molecule has 0 aliphatic carbocycles. The van der Waals surface area contributed by atoms with Gasteiger partial charge >= 0.3 is 6.09 Å². The largest absolute Gasteiger partial charge is 0.450 e. The van der Waals surface area contributed by atoms with Gasteiger partial charge in [-0.05, 0) is 19.1 Å². The molecule has 2 aromatic rings. The molecular formula is C21H26N4O6S2. The number of sulfone groups is 1. The Labute approximate surface area is 195 Å². The van der Waals surface area contributed by atoms with Gasteiger partial charge in [-0.15, -0.1) is 6.58 Å².